The first-order chi connectivity index (χ1) is 15.4. The second-order valence-corrected chi connectivity index (χ2v) is 9.95. The summed E-state index contributed by atoms with van der Waals surface area (Å²) in [6.45, 7) is 1.77. The van der Waals surface area contributed by atoms with Crippen LogP contribution >= 0.6 is 15.9 Å². The molecule has 0 radical (unpaired) electrons. The number of rotatable bonds is 9. The average molecular weight is 514 g/mol. The van der Waals surface area contributed by atoms with Crippen LogP contribution in [-0.2, 0) is 27.8 Å². The summed E-state index contributed by atoms with van der Waals surface area (Å²) in [6.07, 6.45) is 2.47. The Bertz CT molecular complexity index is 1160. The fourth-order valence-electron chi connectivity index (χ4n) is 2.97. The van der Waals surface area contributed by atoms with Crippen molar-refractivity contribution >= 4 is 38.1 Å². The molecule has 0 bridgehead atoms. The Hall–Kier alpha value is -2.81. The lowest BCUT2D eigenvalue weighted by Crippen LogP contribution is -2.39. The highest BCUT2D eigenvalue weighted by atomic mass is 79.9. The van der Waals surface area contributed by atoms with E-state index in [9.17, 15) is 13.2 Å². The van der Waals surface area contributed by atoms with Crippen LogP contribution in [0.3, 0.4) is 0 Å². The van der Waals surface area contributed by atoms with E-state index in [1.54, 1.807) is 18.2 Å². The number of aryl methyl sites for hydroxylation is 1. The molecule has 0 saturated carbocycles. The normalized spacial score (nSPS) is 11.7. The van der Waals surface area contributed by atoms with E-state index in [4.69, 9.17) is 0 Å². The number of hydrazone groups is 1. The Morgan fingerprint density at radius 2 is 1.59 bits per heavy atom. The smallest absolute Gasteiger partial charge is 0.255 e. The zero-order valence-corrected chi connectivity index (χ0v) is 20.0. The molecule has 3 aromatic rings. The Labute approximate surface area is 197 Å². The van der Waals surface area contributed by atoms with Crippen molar-refractivity contribution in [3.63, 3.8) is 0 Å². The average Bonchev–Trinajstić information content (AvgIpc) is 2.81. The van der Waals surface area contributed by atoms with Gasteiger partial charge in [0.1, 0.15) is 0 Å². The van der Waals surface area contributed by atoms with Crippen LogP contribution in [-0.4, -0.2) is 31.4 Å². The molecule has 0 atom stereocenters. The Morgan fingerprint density at radius 1 is 0.969 bits per heavy atom. The summed E-state index contributed by atoms with van der Waals surface area (Å²) in [5, 5.41) is 3.97. The van der Waals surface area contributed by atoms with E-state index >= 15 is 0 Å². The van der Waals surface area contributed by atoms with Crippen LogP contribution in [0.15, 0.2) is 93.3 Å². The van der Waals surface area contributed by atoms with Crippen molar-refractivity contribution in [3.8, 4) is 0 Å². The number of sulfonamides is 1. The largest absolute Gasteiger partial charge is 0.272 e. The number of nitrogens with one attached hydrogen (secondary N) is 1. The predicted octanol–water partition coefficient (Wildman–Crippen LogP) is 4.35. The van der Waals surface area contributed by atoms with Gasteiger partial charge in [-0.05, 0) is 47.4 Å². The fourth-order valence-corrected chi connectivity index (χ4v) is 4.64. The van der Waals surface area contributed by atoms with E-state index in [0.29, 0.717) is 0 Å². The summed E-state index contributed by atoms with van der Waals surface area (Å²) in [5.74, 6) is -0.525. The molecule has 1 amide bonds. The zero-order chi connectivity index (χ0) is 23.0. The molecule has 3 rings (SSSR count). The second kappa shape index (κ2) is 11.2. The molecule has 6 nitrogen and oxygen atoms in total. The van der Waals surface area contributed by atoms with Crippen molar-refractivity contribution in [3.05, 3.63) is 100 Å². The number of carbonyl (C=O) groups excluding carboxylic acids is 1. The molecule has 0 aliphatic heterocycles. The SMILES string of the molecule is CCc1ccc(/C=N\NC(=O)CN(Cc2ccc(Br)cc2)S(=O)(=O)c2ccccc2)cc1. The first-order valence-electron chi connectivity index (χ1n) is 10.1. The lowest BCUT2D eigenvalue weighted by Gasteiger charge is -2.21. The molecule has 0 aliphatic carbocycles. The maximum Gasteiger partial charge on any atom is 0.255 e. The molecule has 166 valence electrons. The number of amides is 1. The van der Waals surface area contributed by atoms with Gasteiger partial charge in [0.25, 0.3) is 5.91 Å². The van der Waals surface area contributed by atoms with Crippen LogP contribution in [0.5, 0.6) is 0 Å². The van der Waals surface area contributed by atoms with Gasteiger partial charge in [0.2, 0.25) is 10.0 Å². The minimum Gasteiger partial charge on any atom is -0.272 e. The van der Waals surface area contributed by atoms with Gasteiger partial charge in [-0.25, -0.2) is 13.8 Å². The fraction of sp³-hybridized carbons (Fsp3) is 0.167. The standard InChI is InChI=1S/C24H24BrN3O3S/c1-2-19-8-10-20(11-9-19)16-26-27-24(29)18-28(17-21-12-14-22(25)15-13-21)32(30,31)23-6-4-3-5-7-23/h3-16H,2,17-18H2,1H3,(H,27,29)/b26-16-. The Morgan fingerprint density at radius 3 is 2.22 bits per heavy atom. The first-order valence-corrected chi connectivity index (χ1v) is 12.3. The molecule has 0 fully saturated rings. The molecular weight excluding hydrogens is 490 g/mol. The van der Waals surface area contributed by atoms with Crippen LogP contribution in [0.2, 0.25) is 0 Å². The van der Waals surface area contributed by atoms with Gasteiger partial charge in [0.15, 0.2) is 0 Å². The van der Waals surface area contributed by atoms with Gasteiger partial charge >= 0.3 is 0 Å². The second-order valence-electron chi connectivity index (χ2n) is 7.10. The zero-order valence-electron chi connectivity index (χ0n) is 17.6. The summed E-state index contributed by atoms with van der Waals surface area (Å²) in [7, 11) is -3.88. The van der Waals surface area contributed by atoms with E-state index in [0.717, 1.165) is 26.3 Å². The molecule has 0 unspecified atom stereocenters. The summed E-state index contributed by atoms with van der Waals surface area (Å²) >= 11 is 3.37. The summed E-state index contributed by atoms with van der Waals surface area (Å²) in [6, 6.07) is 23.2. The number of halogens is 1. The van der Waals surface area contributed by atoms with Gasteiger partial charge in [-0.3, -0.25) is 4.79 Å². The van der Waals surface area contributed by atoms with E-state index in [2.05, 4.69) is 33.4 Å². The number of hydrogen-bond acceptors (Lipinski definition) is 4. The first kappa shape index (κ1) is 23.8. The van der Waals surface area contributed by atoms with Gasteiger partial charge in [-0.15, -0.1) is 0 Å². The lowest BCUT2D eigenvalue weighted by molar-refractivity contribution is -0.121. The highest BCUT2D eigenvalue weighted by Crippen LogP contribution is 2.19. The predicted molar refractivity (Wildman–Crippen MR) is 130 cm³/mol. The van der Waals surface area contributed by atoms with Crippen molar-refractivity contribution in [1.29, 1.82) is 0 Å². The van der Waals surface area contributed by atoms with Crippen molar-refractivity contribution in [2.75, 3.05) is 6.54 Å². The van der Waals surface area contributed by atoms with E-state index < -0.39 is 15.9 Å². The minimum absolute atomic E-state index is 0.0557. The van der Waals surface area contributed by atoms with Crippen LogP contribution in [0.25, 0.3) is 0 Å². The van der Waals surface area contributed by atoms with Crippen molar-refractivity contribution in [1.82, 2.24) is 9.73 Å². The van der Waals surface area contributed by atoms with Crippen LogP contribution < -0.4 is 5.43 Å². The van der Waals surface area contributed by atoms with Crippen molar-refractivity contribution in [2.45, 2.75) is 24.8 Å². The third kappa shape index (κ3) is 6.59. The van der Waals surface area contributed by atoms with Crippen LogP contribution in [0, 0.1) is 0 Å². The summed E-state index contributed by atoms with van der Waals surface area (Å²) in [4.78, 5) is 12.7. The van der Waals surface area contributed by atoms with Gasteiger partial charge in [0, 0.05) is 11.0 Å². The topological polar surface area (TPSA) is 78.8 Å². The molecule has 32 heavy (non-hydrogen) atoms. The number of benzene rings is 3. The Balaban J connectivity index is 1.74. The third-order valence-electron chi connectivity index (χ3n) is 4.76. The van der Waals surface area contributed by atoms with Gasteiger partial charge in [0.05, 0.1) is 17.7 Å². The van der Waals surface area contributed by atoms with Gasteiger partial charge < -0.3 is 0 Å². The summed E-state index contributed by atoms with van der Waals surface area (Å²) in [5.41, 5.74) is 5.24. The number of nitrogens with zero attached hydrogens (tertiary/aromatic N) is 2. The van der Waals surface area contributed by atoms with Gasteiger partial charge in [-0.2, -0.15) is 9.41 Å². The lowest BCUT2D eigenvalue weighted by atomic mass is 10.1. The molecule has 8 heteroatoms. The molecule has 0 aliphatic rings. The highest BCUT2D eigenvalue weighted by molar-refractivity contribution is 9.10. The molecule has 0 aromatic heterocycles. The maximum absolute atomic E-state index is 13.2. The Kier molecular flexibility index (Phi) is 8.33. The number of hydrogen-bond donors (Lipinski definition) is 1. The monoisotopic (exact) mass is 513 g/mol. The molecule has 3 aromatic carbocycles. The molecular formula is C24H24BrN3O3S. The molecule has 0 heterocycles. The van der Waals surface area contributed by atoms with Crippen molar-refractivity contribution in [2.24, 2.45) is 5.10 Å². The van der Waals surface area contributed by atoms with E-state index in [1.807, 2.05) is 48.5 Å². The van der Waals surface area contributed by atoms with E-state index in [1.165, 1.54) is 23.9 Å². The molecule has 0 spiro atoms. The van der Waals surface area contributed by atoms with Crippen LogP contribution in [0.4, 0.5) is 0 Å². The quantitative estimate of drug-likeness (QED) is 0.341. The van der Waals surface area contributed by atoms with Gasteiger partial charge in [-0.1, -0.05) is 77.5 Å². The third-order valence-corrected chi connectivity index (χ3v) is 7.10. The maximum atomic E-state index is 13.2. The minimum atomic E-state index is -3.88. The molecule has 0 saturated heterocycles. The highest BCUT2D eigenvalue weighted by Gasteiger charge is 2.26. The van der Waals surface area contributed by atoms with Crippen molar-refractivity contribution < 1.29 is 13.2 Å². The molecule has 1 N–H and O–H groups in total. The summed E-state index contributed by atoms with van der Waals surface area (Å²) < 4.78 is 28.4. The van der Waals surface area contributed by atoms with Crippen LogP contribution in [0.1, 0.15) is 23.6 Å². The number of carbonyl (C=O) groups is 1. The van der Waals surface area contributed by atoms with E-state index in [-0.39, 0.29) is 18.0 Å².